The highest BCUT2D eigenvalue weighted by Crippen LogP contribution is 2.33. The summed E-state index contributed by atoms with van der Waals surface area (Å²) in [5.74, 6) is -0.363. The van der Waals surface area contributed by atoms with Crippen molar-refractivity contribution < 1.29 is 27.9 Å². The average molecular weight is 478 g/mol. The molecule has 9 nitrogen and oxygen atoms in total. The molecule has 0 radical (unpaired) electrons. The summed E-state index contributed by atoms with van der Waals surface area (Å²) in [5.41, 5.74) is 0.866. The Labute approximate surface area is 189 Å². The lowest BCUT2D eigenvalue weighted by Crippen LogP contribution is -2.67. The van der Waals surface area contributed by atoms with Gasteiger partial charge in [-0.15, -0.1) is 11.3 Å². The number of nitrogens with one attached hydrogen (secondary N) is 1. The molecule has 1 aliphatic heterocycles. The van der Waals surface area contributed by atoms with Crippen molar-refractivity contribution in [2.75, 3.05) is 13.2 Å². The number of carbonyl (C=O) groups is 1. The van der Waals surface area contributed by atoms with Crippen molar-refractivity contribution in [2.45, 2.75) is 37.0 Å². The van der Waals surface area contributed by atoms with Crippen molar-refractivity contribution in [3.8, 4) is 5.75 Å². The van der Waals surface area contributed by atoms with Crippen LogP contribution in [0.15, 0.2) is 53.4 Å². The van der Waals surface area contributed by atoms with Gasteiger partial charge >= 0.3 is 0 Å². The third-order valence-electron chi connectivity index (χ3n) is 5.65. The van der Waals surface area contributed by atoms with Crippen LogP contribution in [0.4, 0.5) is 0 Å². The van der Waals surface area contributed by atoms with Crippen molar-refractivity contribution in [2.24, 2.45) is 0 Å². The van der Waals surface area contributed by atoms with E-state index in [0.717, 1.165) is 19.5 Å². The molecule has 1 saturated heterocycles. The molecule has 2 aromatic carbocycles. The topological polar surface area (TPSA) is 118 Å². The van der Waals surface area contributed by atoms with Gasteiger partial charge in [0.25, 0.3) is 5.91 Å². The Morgan fingerprint density at radius 2 is 2.03 bits per heavy atom. The molecule has 1 aliphatic rings. The van der Waals surface area contributed by atoms with Crippen LogP contribution in [0.5, 0.6) is 5.75 Å². The lowest BCUT2D eigenvalue weighted by molar-refractivity contribution is -0.154. The van der Waals surface area contributed by atoms with Gasteiger partial charge in [0.2, 0.25) is 10.0 Å². The van der Waals surface area contributed by atoms with Crippen LogP contribution in [0.2, 0.25) is 0 Å². The lowest BCUT2D eigenvalue weighted by atomic mass is 9.93. The number of nitrogens with zero attached hydrogens (tertiary/aromatic N) is 2. The van der Waals surface area contributed by atoms with Crippen LogP contribution in [0.25, 0.3) is 10.2 Å². The summed E-state index contributed by atoms with van der Waals surface area (Å²) in [4.78, 5) is 16.9. The summed E-state index contributed by atoms with van der Waals surface area (Å²) in [6.45, 7) is 3.40. The van der Waals surface area contributed by atoms with Crippen molar-refractivity contribution in [3.63, 3.8) is 0 Å². The first-order valence-corrected chi connectivity index (χ1v) is 12.2. The number of amides is 1. The van der Waals surface area contributed by atoms with E-state index >= 15 is 0 Å². The van der Waals surface area contributed by atoms with Crippen LogP contribution in [-0.2, 0) is 26.2 Å². The first-order chi connectivity index (χ1) is 15.3. The summed E-state index contributed by atoms with van der Waals surface area (Å²) in [7, 11) is -4.04. The third-order valence-corrected chi connectivity index (χ3v) is 8.67. The predicted octanol–water partition coefficient (Wildman–Crippen LogP) is 2.55. The van der Waals surface area contributed by atoms with Gasteiger partial charge in [-0.3, -0.25) is 10.0 Å². The zero-order chi connectivity index (χ0) is 22.9. The number of benzene rings is 2. The SMILES string of the molecule is CC1OCCN(S(=O)(=O)c2ccc(OCc3nc4ccccc4s3)cc2)[C@@]1(C)C(=O)NO. The molecule has 2 N–H and O–H groups in total. The van der Waals surface area contributed by atoms with Crippen LogP contribution < -0.4 is 10.2 Å². The maximum atomic E-state index is 13.3. The monoisotopic (exact) mass is 477 g/mol. The molecular formula is C21H23N3O6S2. The Balaban J connectivity index is 1.52. The van der Waals surface area contributed by atoms with Gasteiger partial charge in [0.1, 0.15) is 22.9 Å². The zero-order valence-corrected chi connectivity index (χ0v) is 19.1. The molecule has 0 bridgehead atoms. The van der Waals surface area contributed by atoms with Gasteiger partial charge in [-0.05, 0) is 50.2 Å². The molecule has 2 atom stereocenters. The lowest BCUT2D eigenvalue weighted by Gasteiger charge is -2.45. The number of para-hydroxylation sites is 1. The Morgan fingerprint density at radius 3 is 2.72 bits per heavy atom. The molecule has 170 valence electrons. The highest BCUT2D eigenvalue weighted by Gasteiger charge is 2.52. The summed E-state index contributed by atoms with van der Waals surface area (Å²) < 4.78 is 40.0. The molecule has 3 aromatic rings. The largest absolute Gasteiger partial charge is 0.486 e. The number of ether oxygens (including phenoxy) is 2. The molecule has 0 aliphatic carbocycles. The fourth-order valence-electron chi connectivity index (χ4n) is 3.65. The van der Waals surface area contributed by atoms with Gasteiger partial charge in [-0.1, -0.05) is 12.1 Å². The number of fused-ring (bicyclic) bond motifs is 1. The second-order valence-electron chi connectivity index (χ2n) is 7.51. The van der Waals surface area contributed by atoms with E-state index < -0.39 is 27.6 Å². The van der Waals surface area contributed by atoms with E-state index in [0.29, 0.717) is 5.75 Å². The molecule has 4 rings (SSSR count). The van der Waals surface area contributed by atoms with Gasteiger partial charge in [0.05, 0.1) is 27.8 Å². The number of morpholine rings is 1. The van der Waals surface area contributed by atoms with E-state index in [2.05, 4.69) is 4.98 Å². The molecule has 0 saturated carbocycles. The second-order valence-corrected chi connectivity index (χ2v) is 10.5. The third kappa shape index (κ3) is 3.97. The van der Waals surface area contributed by atoms with Gasteiger partial charge in [0.15, 0.2) is 0 Å². The zero-order valence-electron chi connectivity index (χ0n) is 17.5. The maximum Gasteiger partial charge on any atom is 0.267 e. The minimum absolute atomic E-state index is 0.0101. The van der Waals surface area contributed by atoms with Crippen molar-refractivity contribution in [1.29, 1.82) is 0 Å². The highest BCUT2D eigenvalue weighted by atomic mass is 32.2. The Morgan fingerprint density at radius 1 is 1.31 bits per heavy atom. The van der Waals surface area contributed by atoms with Crippen LogP contribution in [-0.4, -0.2) is 53.6 Å². The smallest absolute Gasteiger partial charge is 0.267 e. The Hall–Kier alpha value is -2.57. The Kier molecular flexibility index (Phi) is 6.19. The van der Waals surface area contributed by atoms with Crippen LogP contribution in [0.3, 0.4) is 0 Å². The summed E-state index contributed by atoms with van der Waals surface area (Å²) in [6, 6.07) is 13.8. The number of rotatable bonds is 6. The van der Waals surface area contributed by atoms with E-state index in [-0.39, 0.29) is 24.7 Å². The maximum absolute atomic E-state index is 13.3. The first-order valence-electron chi connectivity index (χ1n) is 9.93. The summed E-state index contributed by atoms with van der Waals surface area (Å²) in [5, 5.41) is 9.98. The van der Waals surface area contributed by atoms with Gasteiger partial charge in [0, 0.05) is 6.54 Å². The highest BCUT2D eigenvalue weighted by molar-refractivity contribution is 7.89. The standard InChI is InChI=1S/C21H23N3O6S2/c1-14-21(2,20(25)23-26)24(11-12-29-14)32(27,28)16-9-7-15(8-10-16)30-13-19-22-17-5-3-4-6-18(17)31-19/h3-10,14,26H,11-13H2,1-2H3,(H,23,25)/t14?,21-/m1/s1. The molecular weight excluding hydrogens is 454 g/mol. The Bertz CT molecular complexity index is 1190. The number of thiazole rings is 1. The minimum atomic E-state index is -4.04. The molecule has 1 aromatic heterocycles. The molecule has 1 unspecified atom stereocenters. The number of aromatic nitrogens is 1. The fourth-order valence-corrected chi connectivity index (χ4v) is 6.31. The predicted molar refractivity (Wildman–Crippen MR) is 118 cm³/mol. The normalized spacial score (nSPS) is 22.0. The van der Waals surface area contributed by atoms with Crippen LogP contribution >= 0.6 is 11.3 Å². The summed E-state index contributed by atoms with van der Waals surface area (Å²) in [6.07, 6.45) is -0.755. The molecule has 32 heavy (non-hydrogen) atoms. The van der Waals surface area contributed by atoms with E-state index in [9.17, 15) is 13.2 Å². The summed E-state index contributed by atoms with van der Waals surface area (Å²) >= 11 is 1.54. The van der Waals surface area contributed by atoms with Crippen LogP contribution in [0, 0.1) is 0 Å². The molecule has 1 amide bonds. The molecule has 1 fully saturated rings. The molecule has 0 spiro atoms. The van der Waals surface area contributed by atoms with E-state index in [4.69, 9.17) is 14.7 Å². The van der Waals surface area contributed by atoms with Gasteiger partial charge in [-0.2, -0.15) is 4.31 Å². The number of hydrogen-bond donors (Lipinski definition) is 2. The van der Waals surface area contributed by atoms with Crippen LogP contribution in [0.1, 0.15) is 18.9 Å². The van der Waals surface area contributed by atoms with E-state index in [1.54, 1.807) is 24.5 Å². The van der Waals surface area contributed by atoms with Gasteiger partial charge in [-0.25, -0.2) is 18.9 Å². The van der Waals surface area contributed by atoms with Gasteiger partial charge < -0.3 is 9.47 Å². The average Bonchev–Trinajstić information content (AvgIpc) is 3.22. The quantitative estimate of drug-likeness (QED) is 0.414. The second kappa shape index (κ2) is 8.75. The number of sulfonamides is 1. The van der Waals surface area contributed by atoms with E-state index in [1.165, 1.54) is 30.4 Å². The first kappa shape index (κ1) is 22.6. The fraction of sp³-hybridized carbons (Fsp3) is 0.333. The number of hydrogen-bond acceptors (Lipinski definition) is 8. The molecule has 2 heterocycles. The van der Waals surface area contributed by atoms with E-state index in [1.807, 2.05) is 24.3 Å². The van der Waals surface area contributed by atoms with Crippen molar-refractivity contribution >= 4 is 37.5 Å². The van der Waals surface area contributed by atoms with Crippen molar-refractivity contribution in [3.05, 3.63) is 53.5 Å². The number of carbonyl (C=O) groups excluding carboxylic acids is 1. The molecule has 11 heteroatoms. The number of hydroxylamine groups is 1. The van der Waals surface area contributed by atoms with Crippen molar-refractivity contribution in [1.82, 2.24) is 14.8 Å². The minimum Gasteiger partial charge on any atom is -0.486 e.